The normalized spacial score (nSPS) is 11.1. The average Bonchev–Trinajstić information content (AvgIpc) is 2.68. The van der Waals surface area contributed by atoms with Crippen molar-refractivity contribution in [2.75, 3.05) is 23.2 Å². The number of hydrogen-bond acceptors (Lipinski definition) is 4. The van der Waals surface area contributed by atoms with Crippen molar-refractivity contribution in [3.63, 3.8) is 0 Å². The Morgan fingerprint density at radius 2 is 1.58 bits per heavy atom. The van der Waals surface area contributed by atoms with Crippen LogP contribution < -0.4 is 9.62 Å². The molecule has 1 heterocycles. The molecule has 0 aliphatic carbocycles. The minimum atomic E-state index is -3.56. The minimum Gasteiger partial charge on any atom is -0.374 e. The molecular weight excluding hydrogens is 346 g/mol. The average molecular weight is 367 g/mol. The van der Waals surface area contributed by atoms with Gasteiger partial charge in [0.1, 0.15) is 0 Å². The maximum atomic E-state index is 12.4. The molecule has 0 bridgehead atoms. The fourth-order valence-electron chi connectivity index (χ4n) is 2.57. The van der Waals surface area contributed by atoms with Crippen LogP contribution in [0, 0.1) is 0 Å². The van der Waals surface area contributed by atoms with Crippen LogP contribution in [-0.2, 0) is 16.4 Å². The molecule has 0 atom stereocenters. The zero-order valence-corrected chi connectivity index (χ0v) is 15.4. The van der Waals surface area contributed by atoms with Crippen LogP contribution in [0.25, 0.3) is 0 Å². The van der Waals surface area contributed by atoms with E-state index in [-0.39, 0.29) is 4.90 Å². The first-order chi connectivity index (χ1) is 12.5. The van der Waals surface area contributed by atoms with Crippen LogP contribution in [0.4, 0.5) is 11.4 Å². The Bertz CT molecular complexity index is 928. The first-order valence-electron chi connectivity index (χ1n) is 8.32. The molecule has 1 aromatic heterocycles. The molecule has 5 nitrogen and oxygen atoms in total. The summed E-state index contributed by atoms with van der Waals surface area (Å²) in [5.41, 5.74) is 2.81. The Morgan fingerprint density at radius 3 is 2.23 bits per heavy atom. The number of pyridine rings is 1. The van der Waals surface area contributed by atoms with E-state index in [1.807, 2.05) is 31.3 Å². The van der Waals surface area contributed by atoms with Gasteiger partial charge in [-0.2, -0.15) is 0 Å². The summed E-state index contributed by atoms with van der Waals surface area (Å²) in [7, 11) is -1.54. The van der Waals surface area contributed by atoms with Gasteiger partial charge in [0.15, 0.2) is 0 Å². The lowest BCUT2D eigenvalue weighted by atomic mass is 10.2. The number of likely N-dealkylation sites (N-methyl/N-ethyl adjacent to an activating group) is 1. The summed E-state index contributed by atoms with van der Waals surface area (Å²) in [4.78, 5) is 6.41. The monoisotopic (exact) mass is 367 g/mol. The van der Waals surface area contributed by atoms with Gasteiger partial charge in [-0.05, 0) is 60.5 Å². The molecule has 0 aliphatic heterocycles. The van der Waals surface area contributed by atoms with Crippen LogP contribution in [0.15, 0.2) is 84.0 Å². The van der Waals surface area contributed by atoms with Gasteiger partial charge in [-0.25, -0.2) is 8.42 Å². The van der Waals surface area contributed by atoms with Crippen LogP contribution >= 0.6 is 0 Å². The second-order valence-electron chi connectivity index (χ2n) is 5.99. The maximum absolute atomic E-state index is 12.4. The molecule has 0 spiro atoms. The third-order valence-corrected chi connectivity index (χ3v) is 5.50. The van der Waals surface area contributed by atoms with Crippen molar-refractivity contribution in [2.24, 2.45) is 0 Å². The third kappa shape index (κ3) is 4.61. The van der Waals surface area contributed by atoms with Gasteiger partial charge >= 0.3 is 0 Å². The molecule has 6 heteroatoms. The minimum absolute atomic E-state index is 0.249. The Labute approximate surface area is 154 Å². The molecule has 3 rings (SSSR count). The summed E-state index contributed by atoms with van der Waals surface area (Å²) in [6.45, 7) is 0.860. The van der Waals surface area contributed by atoms with E-state index >= 15 is 0 Å². The molecule has 0 unspecified atom stereocenters. The van der Waals surface area contributed by atoms with Crippen LogP contribution in [0.2, 0.25) is 0 Å². The van der Waals surface area contributed by atoms with Gasteiger partial charge in [0.25, 0.3) is 10.0 Å². The Morgan fingerprint density at radius 1 is 0.923 bits per heavy atom. The molecule has 3 aromatic rings. The van der Waals surface area contributed by atoms with E-state index in [0.29, 0.717) is 5.69 Å². The van der Waals surface area contributed by atoms with E-state index in [9.17, 15) is 8.42 Å². The lowest BCUT2D eigenvalue weighted by molar-refractivity contribution is 0.601. The predicted molar refractivity (Wildman–Crippen MR) is 105 cm³/mol. The molecule has 0 radical (unpaired) electrons. The summed E-state index contributed by atoms with van der Waals surface area (Å²) in [5.74, 6) is 0. The SMILES string of the molecule is CN(CCc1ccncc1)c1ccc(NS(=O)(=O)c2ccccc2)cc1. The molecule has 0 fully saturated rings. The molecule has 0 saturated carbocycles. The number of anilines is 2. The standard InChI is InChI=1S/C20H21N3O2S/c1-23(16-13-17-11-14-21-15-12-17)19-9-7-18(8-10-19)22-26(24,25)20-5-3-2-4-6-20/h2-12,14-15,22H,13,16H2,1H3. The molecule has 0 amide bonds. The predicted octanol–water partition coefficient (Wildman–Crippen LogP) is 3.56. The lowest BCUT2D eigenvalue weighted by Gasteiger charge is -2.19. The highest BCUT2D eigenvalue weighted by atomic mass is 32.2. The van der Waals surface area contributed by atoms with Gasteiger partial charge in [-0.1, -0.05) is 18.2 Å². The highest BCUT2D eigenvalue weighted by molar-refractivity contribution is 7.92. The van der Waals surface area contributed by atoms with Gasteiger partial charge in [0, 0.05) is 37.4 Å². The fourth-order valence-corrected chi connectivity index (χ4v) is 3.65. The van der Waals surface area contributed by atoms with E-state index in [0.717, 1.165) is 18.7 Å². The second kappa shape index (κ2) is 8.01. The Hall–Kier alpha value is -2.86. The van der Waals surface area contributed by atoms with Gasteiger partial charge in [0.2, 0.25) is 0 Å². The summed E-state index contributed by atoms with van der Waals surface area (Å²) in [6.07, 6.45) is 4.51. The zero-order valence-electron chi connectivity index (χ0n) is 14.5. The number of sulfonamides is 1. The third-order valence-electron chi connectivity index (χ3n) is 4.10. The first-order valence-corrected chi connectivity index (χ1v) is 9.81. The zero-order chi connectivity index (χ0) is 18.4. The van der Waals surface area contributed by atoms with Crippen molar-refractivity contribution in [1.82, 2.24) is 4.98 Å². The number of hydrogen-bond donors (Lipinski definition) is 1. The molecular formula is C20H21N3O2S. The van der Waals surface area contributed by atoms with Gasteiger partial charge < -0.3 is 4.90 Å². The van der Waals surface area contributed by atoms with Crippen LogP contribution in [0.1, 0.15) is 5.56 Å². The van der Waals surface area contributed by atoms with E-state index in [2.05, 4.69) is 14.6 Å². The van der Waals surface area contributed by atoms with Gasteiger partial charge in [-0.3, -0.25) is 9.71 Å². The summed E-state index contributed by atoms with van der Waals surface area (Å²) in [6, 6.07) is 19.7. The van der Waals surface area contributed by atoms with E-state index < -0.39 is 10.0 Å². The quantitative estimate of drug-likeness (QED) is 0.694. The van der Waals surface area contributed by atoms with Crippen LogP contribution in [0.3, 0.4) is 0 Å². The van der Waals surface area contributed by atoms with Crippen molar-refractivity contribution in [2.45, 2.75) is 11.3 Å². The van der Waals surface area contributed by atoms with Crippen molar-refractivity contribution in [1.29, 1.82) is 0 Å². The number of rotatable bonds is 7. The number of nitrogens with zero attached hydrogens (tertiary/aromatic N) is 2. The topological polar surface area (TPSA) is 62.3 Å². The molecule has 134 valence electrons. The summed E-state index contributed by atoms with van der Waals surface area (Å²) < 4.78 is 27.3. The smallest absolute Gasteiger partial charge is 0.261 e. The largest absolute Gasteiger partial charge is 0.374 e. The van der Waals surface area contributed by atoms with Crippen molar-refractivity contribution in [3.8, 4) is 0 Å². The van der Waals surface area contributed by atoms with Crippen molar-refractivity contribution >= 4 is 21.4 Å². The fraction of sp³-hybridized carbons (Fsp3) is 0.150. The van der Waals surface area contributed by atoms with Crippen LogP contribution in [0.5, 0.6) is 0 Å². The highest BCUT2D eigenvalue weighted by Gasteiger charge is 2.13. The molecule has 26 heavy (non-hydrogen) atoms. The highest BCUT2D eigenvalue weighted by Crippen LogP contribution is 2.20. The first kappa shape index (κ1) is 17.9. The number of aromatic nitrogens is 1. The molecule has 1 N–H and O–H groups in total. The second-order valence-corrected chi connectivity index (χ2v) is 7.67. The number of nitrogens with one attached hydrogen (secondary N) is 1. The number of benzene rings is 2. The Balaban J connectivity index is 1.63. The van der Waals surface area contributed by atoms with Crippen molar-refractivity contribution < 1.29 is 8.42 Å². The van der Waals surface area contributed by atoms with E-state index in [1.165, 1.54) is 5.56 Å². The molecule has 0 aliphatic rings. The maximum Gasteiger partial charge on any atom is 0.261 e. The van der Waals surface area contributed by atoms with Crippen molar-refractivity contribution in [3.05, 3.63) is 84.7 Å². The molecule has 0 saturated heterocycles. The Kier molecular flexibility index (Phi) is 5.53. The van der Waals surface area contributed by atoms with Gasteiger partial charge in [0.05, 0.1) is 4.90 Å². The lowest BCUT2D eigenvalue weighted by Crippen LogP contribution is -2.20. The molecule has 2 aromatic carbocycles. The van der Waals surface area contributed by atoms with E-state index in [1.54, 1.807) is 54.9 Å². The van der Waals surface area contributed by atoms with Gasteiger partial charge in [-0.15, -0.1) is 0 Å². The summed E-state index contributed by atoms with van der Waals surface area (Å²) in [5, 5.41) is 0. The van der Waals surface area contributed by atoms with Crippen LogP contribution in [-0.4, -0.2) is 27.0 Å². The summed E-state index contributed by atoms with van der Waals surface area (Å²) >= 11 is 0. The van der Waals surface area contributed by atoms with E-state index in [4.69, 9.17) is 0 Å².